The quantitative estimate of drug-likeness (QED) is 0.135. The van der Waals surface area contributed by atoms with Crippen molar-refractivity contribution in [3.63, 3.8) is 0 Å². The van der Waals surface area contributed by atoms with Crippen LogP contribution in [0, 0.1) is 0 Å². The highest BCUT2D eigenvalue weighted by atomic mass is 16.5. The molecule has 6 aromatic carbocycles. The van der Waals surface area contributed by atoms with Crippen LogP contribution >= 0.6 is 0 Å². The number of benzene rings is 6. The zero-order chi connectivity index (χ0) is 46.5. The lowest BCUT2D eigenvalue weighted by atomic mass is 9.79. The van der Waals surface area contributed by atoms with Gasteiger partial charge >= 0.3 is 11.9 Å². The Hall–Kier alpha value is -6.14. The lowest BCUT2D eigenvalue weighted by Crippen LogP contribution is -2.18. The predicted molar refractivity (Wildman–Crippen MR) is 258 cm³/mol. The van der Waals surface area contributed by atoms with Crippen molar-refractivity contribution < 1.29 is 29.3 Å². The SMILES string of the molecule is CC(C)(C)c1cc2c(O)c(c1)Cc1cc(C(C)(C)C)cc(c1OC(=O)c1ccccc1)Cc1cc(C(C)(C)C)cc(c1O)Cc1cc(C(C)(C)C)cc(c1OC(=O)c1ccccc1)C2. The Morgan fingerprint density at radius 2 is 0.594 bits per heavy atom. The van der Waals surface area contributed by atoms with Crippen LogP contribution in [0.5, 0.6) is 23.0 Å². The number of rotatable bonds is 4. The summed E-state index contributed by atoms with van der Waals surface area (Å²) >= 11 is 0. The molecule has 0 unspecified atom stereocenters. The lowest BCUT2D eigenvalue weighted by molar-refractivity contribution is 0.0722. The van der Waals surface area contributed by atoms with E-state index in [-0.39, 0.29) is 58.8 Å². The third-order valence-corrected chi connectivity index (χ3v) is 12.4. The summed E-state index contributed by atoms with van der Waals surface area (Å²) in [6.07, 6.45) is 0.998. The largest absolute Gasteiger partial charge is 0.507 e. The molecule has 8 bridgehead atoms. The Balaban J connectivity index is 1.58. The molecule has 1 aliphatic carbocycles. The molecule has 1 aliphatic rings. The van der Waals surface area contributed by atoms with Gasteiger partial charge < -0.3 is 19.7 Å². The van der Waals surface area contributed by atoms with Gasteiger partial charge in [0, 0.05) is 47.9 Å². The van der Waals surface area contributed by atoms with Crippen LogP contribution in [0.3, 0.4) is 0 Å². The summed E-state index contributed by atoms with van der Waals surface area (Å²) in [6.45, 7) is 25.9. The molecule has 7 rings (SSSR count). The third-order valence-electron chi connectivity index (χ3n) is 12.4. The van der Waals surface area contributed by atoms with Crippen molar-refractivity contribution in [1.29, 1.82) is 0 Å². The second-order valence-electron chi connectivity index (χ2n) is 21.8. The Bertz CT molecular complexity index is 2440. The van der Waals surface area contributed by atoms with Crippen LogP contribution < -0.4 is 9.47 Å². The number of ether oxygens (including phenoxy) is 2. The van der Waals surface area contributed by atoms with Crippen LogP contribution in [0.2, 0.25) is 0 Å². The zero-order valence-electron chi connectivity index (χ0n) is 39.7. The fourth-order valence-electron chi connectivity index (χ4n) is 8.36. The number of fused-ring (bicyclic) bond motifs is 8. The van der Waals surface area contributed by atoms with Gasteiger partial charge in [-0.2, -0.15) is 0 Å². The maximum absolute atomic E-state index is 14.1. The normalized spacial score (nSPS) is 13.3. The predicted octanol–water partition coefficient (Wildman–Crippen LogP) is 13.4. The fourth-order valence-corrected chi connectivity index (χ4v) is 8.36. The number of carbonyl (C=O) groups is 2. The van der Waals surface area contributed by atoms with Crippen molar-refractivity contribution in [3.05, 3.63) is 187 Å². The Morgan fingerprint density at radius 1 is 0.375 bits per heavy atom. The van der Waals surface area contributed by atoms with Crippen molar-refractivity contribution in [3.8, 4) is 23.0 Å². The van der Waals surface area contributed by atoms with Crippen LogP contribution in [0.4, 0.5) is 0 Å². The Kier molecular flexibility index (Phi) is 12.3. The van der Waals surface area contributed by atoms with E-state index in [1.807, 2.05) is 36.4 Å². The first kappa shape index (κ1) is 45.9. The molecule has 0 spiro atoms. The molecule has 6 heteroatoms. The minimum Gasteiger partial charge on any atom is -0.507 e. The molecule has 0 heterocycles. The van der Waals surface area contributed by atoms with Gasteiger partial charge in [-0.3, -0.25) is 0 Å². The van der Waals surface area contributed by atoms with Gasteiger partial charge in [-0.25, -0.2) is 9.59 Å². The molecule has 0 aromatic heterocycles. The van der Waals surface area contributed by atoms with E-state index in [2.05, 4.69) is 132 Å². The van der Waals surface area contributed by atoms with E-state index in [9.17, 15) is 19.8 Å². The average molecular weight is 857 g/mol. The van der Waals surface area contributed by atoms with E-state index in [1.54, 1.807) is 24.3 Å². The highest BCUT2D eigenvalue weighted by molar-refractivity contribution is 5.92. The topological polar surface area (TPSA) is 93.1 Å². The maximum Gasteiger partial charge on any atom is 0.343 e. The smallest absolute Gasteiger partial charge is 0.343 e. The molecular weight excluding hydrogens is 793 g/mol. The first-order valence-corrected chi connectivity index (χ1v) is 22.4. The van der Waals surface area contributed by atoms with Crippen LogP contribution in [0.15, 0.2) is 109 Å². The molecule has 6 aromatic rings. The second kappa shape index (κ2) is 17.1. The van der Waals surface area contributed by atoms with Gasteiger partial charge in [0.1, 0.15) is 23.0 Å². The van der Waals surface area contributed by atoms with Crippen LogP contribution in [0.1, 0.15) is 171 Å². The molecule has 0 aliphatic heterocycles. The molecule has 0 amide bonds. The lowest BCUT2D eigenvalue weighted by Gasteiger charge is -2.28. The van der Waals surface area contributed by atoms with Gasteiger partial charge in [-0.1, -0.05) is 168 Å². The molecule has 64 heavy (non-hydrogen) atoms. The minimum atomic E-state index is -0.492. The second-order valence-corrected chi connectivity index (χ2v) is 21.8. The van der Waals surface area contributed by atoms with E-state index in [0.29, 0.717) is 44.9 Å². The Morgan fingerprint density at radius 3 is 0.812 bits per heavy atom. The first-order chi connectivity index (χ1) is 29.9. The number of carbonyl (C=O) groups excluding carboxylic acids is 2. The number of phenolic OH excluding ortho intramolecular Hbond substituents is 2. The summed E-state index contributed by atoms with van der Waals surface area (Å²) in [5.74, 6) is 0.0938. The van der Waals surface area contributed by atoms with Gasteiger partial charge in [0.15, 0.2) is 0 Å². The van der Waals surface area contributed by atoms with Crippen molar-refractivity contribution in [2.75, 3.05) is 0 Å². The molecule has 0 saturated carbocycles. The number of aromatic hydroxyl groups is 2. The summed E-state index contributed by atoms with van der Waals surface area (Å²) < 4.78 is 13.0. The minimum absolute atomic E-state index is 0.129. The molecule has 6 nitrogen and oxygen atoms in total. The van der Waals surface area contributed by atoms with Crippen LogP contribution in [-0.4, -0.2) is 22.2 Å². The summed E-state index contributed by atoms with van der Waals surface area (Å²) in [5.41, 5.74) is 9.44. The van der Waals surface area contributed by atoms with Gasteiger partial charge in [0.25, 0.3) is 0 Å². The standard InChI is InChI=1S/C58H64O6/c1-55(2,3)45-27-37-23-41-31-47(57(7,8)9)33-43(51(41)63-53(61)35-19-15-13-16-20-35)25-39-29-46(56(4,5)6)30-40(50(39)60)26-44-34-48(58(10,11)12)32-42(24-38(28-45)49(37)59)52(44)64-54(62)36-21-17-14-18-22-36/h13-22,27-34,59-60H,23-26H2,1-12H3. The number of hydrogen-bond donors (Lipinski definition) is 2. The highest BCUT2D eigenvalue weighted by Crippen LogP contribution is 2.44. The van der Waals surface area contributed by atoms with Gasteiger partial charge in [0.2, 0.25) is 0 Å². The Labute approximate surface area is 380 Å². The van der Waals surface area contributed by atoms with Gasteiger partial charge in [-0.05, 0) is 90.4 Å². The monoisotopic (exact) mass is 856 g/mol. The molecule has 0 saturated heterocycles. The van der Waals surface area contributed by atoms with Crippen LogP contribution in [0.25, 0.3) is 0 Å². The molecule has 0 fully saturated rings. The van der Waals surface area contributed by atoms with Crippen molar-refractivity contribution in [2.45, 2.75) is 130 Å². The van der Waals surface area contributed by atoms with Crippen molar-refractivity contribution in [1.82, 2.24) is 0 Å². The summed E-state index contributed by atoms with van der Waals surface area (Å²) in [4.78, 5) is 28.2. The summed E-state index contributed by atoms with van der Waals surface area (Å²) in [7, 11) is 0. The summed E-state index contributed by atoms with van der Waals surface area (Å²) in [6, 6.07) is 34.6. The fraction of sp³-hybridized carbons (Fsp3) is 0.345. The van der Waals surface area contributed by atoms with Crippen molar-refractivity contribution in [2.24, 2.45) is 0 Å². The van der Waals surface area contributed by atoms with Crippen molar-refractivity contribution >= 4 is 11.9 Å². The first-order valence-electron chi connectivity index (χ1n) is 22.4. The van der Waals surface area contributed by atoms with Gasteiger partial charge in [-0.15, -0.1) is 0 Å². The molecule has 0 atom stereocenters. The average Bonchev–Trinajstić information content (AvgIpc) is 3.21. The molecule has 332 valence electrons. The van der Waals surface area contributed by atoms with E-state index in [0.717, 1.165) is 44.5 Å². The molecule has 2 N–H and O–H groups in total. The van der Waals surface area contributed by atoms with Crippen LogP contribution in [-0.2, 0) is 47.3 Å². The zero-order valence-corrected chi connectivity index (χ0v) is 39.7. The van der Waals surface area contributed by atoms with E-state index >= 15 is 0 Å². The third kappa shape index (κ3) is 9.97. The van der Waals surface area contributed by atoms with E-state index < -0.39 is 11.9 Å². The number of hydrogen-bond acceptors (Lipinski definition) is 6. The summed E-state index contributed by atoms with van der Waals surface area (Å²) in [5, 5.41) is 25.1. The molecular formula is C58H64O6. The van der Waals surface area contributed by atoms with E-state index in [1.165, 1.54) is 0 Å². The van der Waals surface area contributed by atoms with Gasteiger partial charge in [0.05, 0.1) is 11.1 Å². The maximum atomic E-state index is 14.1. The molecule has 0 radical (unpaired) electrons. The number of esters is 2. The highest BCUT2D eigenvalue weighted by Gasteiger charge is 2.30. The van der Waals surface area contributed by atoms with E-state index in [4.69, 9.17) is 9.47 Å². The number of phenols is 2.